The number of rotatable bonds is 8. The van der Waals surface area contributed by atoms with Gasteiger partial charge in [0.15, 0.2) is 11.5 Å². The fourth-order valence-electron chi connectivity index (χ4n) is 3.81. The molecule has 3 aromatic rings. The van der Waals surface area contributed by atoms with Crippen molar-refractivity contribution < 1.29 is 37.7 Å². The van der Waals surface area contributed by atoms with Crippen molar-refractivity contribution in [2.24, 2.45) is 0 Å². The lowest BCUT2D eigenvalue weighted by Gasteiger charge is -2.34. The third-order valence-electron chi connectivity index (χ3n) is 5.84. The molecule has 39 heavy (non-hydrogen) atoms. The molecule has 4 rings (SSSR count). The van der Waals surface area contributed by atoms with E-state index < -0.39 is 22.0 Å². The molecule has 0 aliphatic carbocycles. The minimum absolute atomic E-state index is 0.274. The largest absolute Gasteiger partial charge is 0.493 e. The molecule has 1 heterocycles. The van der Waals surface area contributed by atoms with Gasteiger partial charge in [0, 0.05) is 37.7 Å². The van der Waals surface area contributed by atoms with Gasteiger partial charge in [0.2, 0.25) is 10.0 Å². The number of sulfonamides is 1. The molecular weight excluding hydrogens is 548 g/mol. The van der Waals surface area contributed by atoms with Crippen molar-refractivity contribution in [3.05, 3.63) is 88.9 Å². The van der Waals surface area contributed by atoms with Gasteiger partial charge in [0.1, 0.15) is 6.61 Å². The third kappa shape index (κ3) is 8.69. The number of methoxy groups -OCH3 is 1. The predicted octanol–water partition coefficient (Wildman–Crippen LogP) is 3.59. The van der Waals surface area contributed by atoms with Crippen LogP contribution in [0.2, 0.25) is 5.02 Å². The second-order valence-corrected chi connectivity index (χ2v) is 10.9. The van der Waals surface area contributed by atoms with E-state index in [1.54, 1.807) is 31.4 Å². The summed E-state index contributed by atoms with van der Waals surface area (Å²) in [6.45, 7) is 3.38. The minimum atomic E-state index is -3.51. The maximum Gasteiger partial charge on any atom is 0.414 e. The molecule has 0 amide bonds. The molecule has 10 nitrogen and oxygen atoms in total. The lowest BCUT2D eigenvalue weighted by Crippen LogP contribution is -2.48. The molecule has 1 fully saturated rings. The average Bonchev–Trinajstić information content (AvgIpc) is 2.93. The summed E-state index contributed by atoms with van der Waals surface area (Å²) >= 11 is 5.89. The molecule has 0 saturated carbocycles. The lowest BCUT2D eigenvalue weighted by atomic mass is 10.1. The summed E-state index contributed by atoms with van der Waals surface area (Å²) in [6.07, 6.45) is 0. The monoisotopic (exact) mass is 576 g/mol. The van der Waals surface area contributed by atoms with Gasteiger partial charge >= 0.3 is 11.9 Å². The topological polar surface area (TPSA) is 134 Å². The summed E-state index contributed by atoms with van der Waals surface area (Å²) in [5.74, 6) is -2.26. The van der Waals surface area contributed by atoms with Gasteiger partial charge in [-0.3, -0.25) is 4.90 Å². The summed E-state index contributed by atoms with van der Waals surface area (Å²) in [5, 5.41) is 15.3. The van der Waals surface area contributed by atoms with Crippen LogP contribution in [0, 0.1) is 0 Å². The molecule has 0 aromatic heterocycles. The van der Waals surface area contributed by atoms with Gasteiger partial charge < -0.3 is 19.7 Å². The standard InChI is InChI=1S/C25H27ClN2O4S.C2H2O4/c1-31-25-17-21(7-12-24(25)32-19-20-5-3-2-4-6-20)18-27-13-15-28(16-14-27)33(29,30)23-10-8-22(26)9-11-23;3-1(4)2(5)6/h2-12,17H,13-16,18-19H2,1H3;(H,3,4)(H,5,6). The zero-order chi connectivity index (χ0) is 28.4. The molecule has 0 unspecified atom stereocenters. The maximum atomic E-state index is 12.9. The fourth-order valence-corrected chi connectivity index (χ4v) is 5.35. The highest BCUT2D eigenvalue weighted by Gasteiger charge is 2.28. The van der Waals surface area contributed by atoms with Crippen LogP contribution in [0.25, 0.3) is 0 Å². The molecule has 12 heteroatoms. The van der Waals surface area contributed by atoms with E-state index >= 15 is 0 Å². The molecule has 0 atom stereocenters. The first-order valence-electron chi connectivity index (χ1n) is 11.9. The van der Waals surface area contributed by atoms with Gasteiger partial charge in [-0.25, -0.2) is 18.0 Å². The molecule has 0 bridgehead atoms. The maximum absolute atomic E-state index is 12.9. The van der Waals surface area contributed by atoms with Crippen LogP contribution >= 0.6 is 11.6 Å². The first kappa shape index (κ1) is 29.9. The number of hydrogen-bond acceptors (Lipinski definition) is 7. The molecular formula is C27H29ClN2O8S. The molecule has 3 aromatic carbocycles. The number of carbonyl (C=O) groups is 2. The number of piperazine rings is 1. The van der Waals surface area contributed by atoms with Crippen LogP contribution in [-0.2, 0) is 32.8 Å². The minimum Gasteiger partial charge on any atom is -0.493 e. The van der Waals surface area contributed by atoms with E-state index in [9.17, 15) is 8.42 Å². The number of carboxylic acids is 2. The van der Waals surface area contributed by atoms with Crippen LogP contribution in [0.5, 0.6) is 11.5 Å². The summed E-state index contributed by atoms with van der Waals surface area (Å²) in [7, 11) is -1.88. The van der Waals surface area contributed by atoms with Crippen LogP contribution in [0.4, 0.5) is 0 Å². The van der Waals surface area contributed by atoms with Crippen LogP contribution in [0.3, 0.4) is 0 Å². The molecule has 1 aliphatic heterocycles. The normalized spacial score (nSPS) is 14.1. The predicted molar refractivity (Wildman–Crippen MR) is 145 cm³/mol. The van der Waals surface area contributed by atoms with Gasteiger partial charge in [-0.05, 0) is 47.5 Å². The van der Waals surface area contributed by atoms with Gasteiger partial charge in [-0.2, -0.15) is 4.31 Å². The molecule has 1 saturated heterocycles. The first-order chi connectivity index (χ1) is 18.6. The van der Waals surface area contributed by atoms with Crippen molar-refractivity contribution in [1.29, 1.82) is 0 Å². The van der Waals surface area contributed by atoms with Gasteiger partial charge in [0.25, 0.3) is 0 Å². The smallest absolute Gasteiger partial charge is 0.414 e. The highest BCUT2D eigenvalue weighted by Crippen LogP contribution is 2.30. The van der Waals surface area contributed by atoms with E-state index in [0.29, 0.717) is 55.9 Å². The second kappa shape index (κ2) is 13.9. The highest BCUT2D eigenvalue weighted by atomic mass is 35.5. The van der Waals surface area contributed by atoms with Crippen LogP contribution in [-0.4, -0.2) is 73.1 Å². The van der Waals surface area contributed by atoms with Crippen molar-refractivity contribution in [2.45, 2.75) is 18.0 Å². The Bertz CT molecular complexity index is 1350. The van der Waals surface area contributed by atoms with E-state index in [0.717, 1.165) is 11.1 Å². The number of halogens is 1. The zero-order valence-electron chi connectivity index (χ0n) is 21.2. The number of benzene rings is 3. The average molecular weight is 577 g/mol. The van der Waals surface area contributed by atoms with E-state index in [2.05, 4.69) is 4.90 Å². The van der Waals surface area contributed by atoms with Crippen LogP contribution in [0.15, 0.2) is 77.7 Å². The number of hydrogen-bond donors (Lipinski definition) is 2. The quantitative estimate of drug-likeness (QED) is 0.386. The first-order valence-corrected chi connectivity index (χ1v) is 13.7. The van der Waals surface area contributed by atoms with Gasteiger partial charge in [-0.15, -0.1) is 0 Å². The zero-order valence-corrected chi connectivity index (χ0v) is 22.8. The van der Waals surface area contributed by atoms with Crippen molar-refractivity contribution >= 4 is 33.6 Å². The Morgan fingerprint density at radius 1 is 0.846 bits per heavy atom. The van der Waals surface area contributed by atoms with Crippen LogP contribution < -0.4 is 9.47 Å². The number of nitrogens with zero attached hydrogens (tertiary/aromatic N) is 2. The Balaban J connectivity index is 0.000000631. The Kier molecular flexibility index (Phi) is 10.7. The Labute approximate surface area is 232 Å². The summed E-state index contributed by atoms with van der Waals surface area (Å²) in [5.41, 5.74) is 2.18. The Morgan fingerprint density at radius 3 is 2.03 bits per heavy atom. The SMILES string of the molecule is COc1cc(CN2CCN(S(=O)(=O)c3ccc(Cl)cc3)CC2)ccc1OCc1ccccc1.O=C(O)C(=O)O. The summed E-state index contributed by atoms with van der Waals surface area (Å²) in [6, 6.07) is 22.2. The summed E-state index contributed by atoms with van der Waals surface area (Å²) < 4.78 is 38.8. The number of ether oxygens (including phenoxy) is 2. The lowest BCUT2D eigenvalue weighted by molar-refractivity contribution is -0.159. The van der Waals surface area contributed by atoms with E-state index in [4.69, 9.17) is 40.9 Å². The highest BCUT2D eigenvalue weighted by molar-refractivity contribution is 7.89. The summed E-state index contributed by atoms with van der Waals surface area (Å²) in [4.78, 5) is 20.7. The Morgan fingerprint density at radius 2 is 1.46 bits per heavy atom. The van der Waals surface area contributed by atoms with Gasteiger partial charge in [0.05, 0.1) is 12.0 Å². The Hall–Kier alpha value is -3.64. The molecule has 208 valence electrons. The van der Waals surface area contributed by atoms with Crippen molar-refractivity contribution in [3.63, 3.8) is 0 Å². The van der Waals surface area contributed by atoms with E-state index in [-0.39, 0.29) is 4.90 Å². The molecule has 0 radical (unpaired) electrons. The second-order valence-electron chi connectivity index (χ2n) is 8.50. The van der Waals surface area contributed by atoms with Gasteiger partial charge in [-0.1, -0.05) is 48.0 Å². The van der Waals surface area contributed by atoms with Crippen molar-refractivity contribution in [1.82, 2.24) is 9.21 Å². The number of carboxylic acid groups (broad SMARTS) is 2. The fraction of sp³-hybridized carbons (Fsp3) is 0.259. The van der Waals surface area contributed by atoms with E-state index in [1.807, 2.05) is 48.5 Å². The van der Waals surface area contributed by atoms with Crippen molar-refractivity contribution in [3.8, 4) is 11.5 Å². The molecule has 1 aliphatic rings. The number of aliphatic carboxylic acids is 2. The molecule has 0 spiro atoms. The van der Waals surface area contributed by atoms with E-state index in [1.165, 1.54) is 4.31 Å². The molecule has 2 N–H and O–H groups in total. The third-order valence-corrected chi connectivity index (χ3v) is 8.00. The van der Waals surface area contributed by atoms with Crippen molar-refractivity contribution in [2.75, 3.05) is 33.3 Å². The van der Waals surface area contributed by atoms with Crippen LogP contribution in [0.1, 0.15) is 11.1 Å².